The van der Waals surface area contributed by atoms with Crippen LogP contribution in [0.15, 0.2) is 12.2 Å². The first-order valence-electron chi connectivity index (χ1n) is 3.59. The Kier molecular flexibility index (Phi) is 2.83. The second-order valence-corrected chi connectivity index (χ2v) is 12.7. The first-order valence-corrected chi connectivity index (χ1v) is 10.2. The van der Waals surface area contributed by atoms with Crippen LogP contribution in [-0.4, -0.2) is 32.5 Å². The van der Waals surface area contributed by atoms with Crippen LogP contribution in [-0.2, 0) is 4.79 Å². The fourth-order valence-corrected chi connectivity index (χ4v) is 8.37. The second-order valence-electron chi connectivity index (χ2n) is 2.83. The van der Waals surface area contributed by atoms with Crippen LogP contribution in [0.25, 0.3) is 0 Å². The van der Waals surface area contributed by atoms with Crippen LogP contribution in [0.5, 0.6) is 0 Å². The van der Waals surface area contributed by atoms with Gasteiger partial charge < -0.3 is 0 Å². The quantitative estimate of drug-likeness (QED) is 0.745. The molecule has 2 nitrogen and oxygen atoms in total. The first-order chi connectivity index (χ1) is 4.72. The fraction of sp³-hybridized carbons (Fsp3) is 0.571. The molecule has 1 heterocycles. The summed E-state index contributed by atoms with van der Waals surface area (Å²) in [5, 5.41) is 8.67. The van der Waals surface area contributed by atoms with Crippen LogP contribution in [0.1, 0.15) is 6.92 Å². The zero-order chi connectivity index (χ0) is 7.56. The average Bonchev–Trinajstić information content (AvgIpc) is 2.36. The molecule has 0 aliphatic carbocycles. The molecule has 1 N–H and O–H groups in total. The molecule has 3 heteroatoms. The Bertz CT molecular complexity index is 157. The molecule has 1 aliphatic rings. The van der Waals surface area contributed by atoms with Crippen molar-refractivity contribution in [2.45, 2.75) is 19.0 Å². The molecule has 1 atom stereocenters. The summed E-state index contributed by atoms with van der Waals surface area (Å²) in [4.78, 5) is 10.5. The molecule has 1 rings (SSSR count). The molecule has 0 radical (unpaired) electrons. The number of rotatable bonds is 2. The van der Waals surface area contributed by atoms with Gasteiger partial charge in [0.25, 0.3) is 0 Å². The van der Waals surface area contributed by atoms with Gasteiger partial charge in [-0.05, 0) is 0 Å². The molecule has 0 spiro atoms. The molecule has 0 bridgehead atoms. The monoisotopic (exact) mass is 242 g/mol. The van der Waals surface area contributed by atoms with Gasteiger partial charge in [-0.1, -0.05) is 0 Å². The normalized spacial score (nSPS) is 19.5. The van der Waals surface area contributed by atoms with E-state index in [1.807, 2.05) is 6.92 Å². The van der Waals surface area contributed by atoms with Gasteiger partial charge in [-0.25, -0.2) is 0 Å². The number of hydrogen-bond acceptors (Lipinski definition) is 1. The van der Waals surface area contributed by atoms with Crippen LogP contribution >= 0.6 is 0 Å². The Morgan fingerprint density at radius 3 is 2.50 bits per heavy atom. The fourth-order valence-electron chi connectivity index (χ4n) is 1.25. The predicted molar refractivity (Wildman–Crippen MR) is 41.6 cm³/mol. The molecule has 1 unspecified atom stereocenters. The summed E-state index contributed by atoms with van der Waals surface area (Å²) < 4.78 is 2.32. The number of aliphatic carboxylic acids is 1. The van der Waals surface area contributed by atoms with Gasteiger partial charge in [0.05, 0.1) is 0 Å². The van der Waals surface area contributed by atoms with Gasteiger partial charge in [-0.2, -0.15) is 0 Å². The minimum atomic E-state index is -1.60. The van der Waals surface area contributed by atoms with Crippen molar-refractivity contribution < 1.29 is 9.90 Å². The third-order valence-electron chi connectivity index (χ3n) is 2.14. The van der Waals surface area contributed by atoms with E-state index in [2.05, 4.69) is 12.2 Å². The summed E-state index contributed by atoms with van der Waals surface area (Å²) in [5.74, 6) is -0.579. The van der Waals surface area contributed by atoms with Crippen molar-refractivity contribution in [1.29, 1.82) is 0 Å². The number of allylic oxidation sites excluding steroid dienone is 2. The van der Waals surface area contributed by atoms with E-state index in [0.29, 0.717) is 0 Å². The van der Waals surface area contributed by atoms with Gasteiger partial charge in [0, 0.05) is 0 Å². The van der Waals surface area contributed by atoms with Gasteiger partial charge in [0.15, 0.2) is 0 Å². The molecule has 54 valence electrons. The maximum absolute atomic E-state index is 10.5. The zero-order valence-electron chi connectivity index (χ0n) is 6.08. The van der Waals surface area contributed by atoms with E-state index in [9.17, 15) is 4.79 Å². The number of carbonyl (C=O) groups is 1. The topological polar surface area (TPSA) is 37.3 Å². The third-order valence-corrected chi connectivity index (χ3v) is 12.0. The SMILES string of the molecule is C[CH](C(=O)O)[In]1[CH2]C=C[CH2]1. The van der Waals surface area contributed by atoms with Gasteiger partial charge in [0.2, 0.25) is 0 Å². The minimum absolute atomic E-state index is 0.0248. The standard InChI is InChI=1S/C4H6.C3H5O2.In/c1-3-4-2;1-2-3(4)5;/h3-4H,1-2H2;2H,1H3,(H,4,5);. The van der Waals surface area contributed by atoms with E-state index >= 15 is 0 Å². The third kappa shape index (κ3) is 1.78. The Labute approximate surface area is 68.5 Å². The molecule has 0 saturated heterocycles. The Morgan fingerprint density at radius 2 is 2.10 bits per heavy atom. The summed E-state index contributed by atoms with van der Waals surface area (Å²) in [6.07, 6.45) is 4.31. The van der Waals surface area contributed by atoms with Gasteiger partial charge in [-0.3, -0.25) is 0 Å². The van der Waals surface area contributed by atoms with Crippen molar-refractivity contribution in [3.8, 4) is 0 Å². The Balaban J connectivity index is 2.42. The molecular weight excluding hydrogens is 231 g/mol. The molecule has 0 saturated carbocycles. The van der Waals surface area contributed by atoms with E-state index in [1.165, 1.54) is 0 Å². The average molecular weight is 242 g/mol. The van der Waals surface area contributed by atoms with Crippen LogP contribution in [0, 0.1) is 0 Å². The van der Waals surface area contributed by atoms with Crippen molar-refractivity contribution in [3.63, 3.8) is 0 Å². The zero-order valence-corrected chi connectivity index (χ0v) is 9.37. The molecule has 0 fully saturated rings. The van der Waals surface area contributed by atoms with Crippen molar-refractivity contribution in [2.24, 2.45) is 0 Å². The van der Waals surface area contributed by atoms with E-state index in [-0.39, 0.29) is 3.67 Å². The molecule has 10 heavy (non-hydrogen) atoms. The predicted octanol–water partition coefficient (Wildman–Crippen LogP) is 1.53. The van der Waals surface area contributed by atoms with E-state index in [1.54, 1.807) is 0 Å². The summed E-state index contributed by atoms with van der Waals surface area (Å²) in [7, 11) is 0. The molecule has 0 aromatic rings. The maximum atomic E-state index is 10.5. The van der Waals surface area contributed by atoms with Gasteiger partial charge in [0.1, 0.15) is 0 Å². The van der Waals surface area contributed by atoms with Crippen LogP contribution in [0.2, 0.25) is 12.0 Å². The molecule has 0 amide bonds. The van der Waals surface area contributed by atoms with E-state index in [4.69, 9.17) is 5.11 Å². The van der Waals surface area contributed by atoms with Crippen LogP contribution in [0.4, 0.5) is 0 Å². The molecule has 0 aromatic carbocycles. The van der Waals surface area contributed by atoms with Crippen molar-refractivity contribution in [2.75, 3.05) is 0 Å². The molecule has 0 aromatic heterocycles. The van der Waals surface area contributed by atoms with Crippen molar-refractivity contribution >= 4 is 27.4 Å². The summed E-state index contributed by atoms with van der Waals surface area (Å²) in [5.41, 5.74) is 0. The van der Waals surface area contributed by atoms with Gasteiger partial charge >= 0.3 is 68.4 Å². The second kappa shape index (κ2) is 3.47. The molecular formula is C7H11InO2. The van der Waals surface area contributed by atoms with E-state index in [0.717, 1.165) is 8.35 Å². The van der Waals surface area contributed by atoms with Crippen molar-refractivity contribution in [3.05, 3.63) is 12.2 Å². The molecule has 1 aliphatic heterocycles. The summed E-state index contributed by atoms with van der Waals surface area (Å²) in [6, 6.07) is 0. The number of carboxylic acids is 1. The first kappa shape index (κ1) is 8.18. The van der Waals surface area contributed by atoms with Gasteiger partial charge in [-0.15, -0.1) is 0 Å². The van der Waals surface area contributed by atoms with Crippen molar-refractivity contribution in [1.82, 2.24) is 0 Å². The Morgan fingerprint density at radius 1 is 1.60 bits per heavy atom. The Hall–Kier alpha value is 0.0801. The summed E-state index contributed by atoms with van der Waals surface area (Å²) >= 11 is -1.60. The number of hydrogen-bond donors (Lipinski definition) is 1. The van der Waals surface area contributed by atoms with E-state index < -0.39 is 27.4 Å². The van der Waals surface area contributed by atoms with Crippen LogP contribution < -0.4 is 0 Å². The van der Waals surface area contributed by atoms with Crippen LogP contribution in [0.3, 0.4) is 0 Å². The summed E-state index contributed by atoms with van der Waals surface area (Å²) in [6.45, 7) is 1.87. The number of carboxylic acid groups (broad SMARTS) is 1.